The third kappa shape index (κ3) is 7.31. The highest BCUT2D eigenvalue weighted by Crippen LogP contribution is 2.34. The van der Waals surface area contributed by atoms with Gasteiger partial charge in [-0.05, 0) is 44.4 Å². The molecule has 0 bridgehead atoms. The summed E-state index contributed by atoms with van der Waals surface area (Å²) in [6.45, 7) is 11.0. The van der Waals surface area contributed by atoms with Gasteiger partial charge in [-0.25, -0.2) is 0 Å². The number of carbonyl (C=O) groups is 3. The number of esters is 1. The molecule has 0 aliphatic carbocycles. The SMILES string of the molecule is C=CC(=O)N([C@H](CC(C)C)C(=O)NCC(=O)OCC)[C@@H](C)c1ccc(OC)cc1OC. The second kappa shape index (κ2) is 12.6. The normalized spacial score (nSPS) is 12.5. The summed E-state index contributed by atoms with van der Waals surface area (Å²) in [5.74, 6) is -0.114. The second-order valence-electron chi connectivity index (χ2n) is 7.40. The minimum atomic E-state index is -0.818. The van der Waals surface area contributed by atoms with Crippen LogP contribution in [0.5, 0.6) is 11.5 Å². The summed E-state index contributed by atoms with van der Waals surface area (Å²) in [6, 6.07) is 3.96. The molecule has 0 aliphatic rings. The van der Waals surface area contributed by atoms with Crippen LogP contribution in [0.15, 0.2) is 30.9 Å². The van der Waals surface area contributed by atoms with Crippen LogP contribution in [0.25, 0.3) is 0 Å². The van der Waals surface area contributed by atoms with Crippen LogP contribution in [-0.2, 0) is 19.1 Å². The van der Waals surface area contributed by atoms with Crippen molar-refractivity contribution in [2.24, 2.45) is 5.92 Å². The highest BCUT2D eigenvalue weighted by Gasteiger charge is 2.34. The Morgan fingerprint density at radius 2 is 1.84 bits per heavy atom. The minimum absolute atomic E-state index is 0.114. The van der Waals surface area contributed by atoms with Gasteiger partial charge in [0, 0.05) is 11.6 Å². The first-order valence-corrected chi connectivity index (χ1v) is 10.3. The van der Waals surface area contributed by atoms with E-state index in [4.69, 9.17) is 14.2 Å². The summed E-state index contributed by atoms with van der Waals surface area (Å²) in [5, 5.41) is 2.59. The number of amides is 2. The lowest BCUT2D eigenvalue weighted by Crippen LogP contribution is -2.51. The van der Waals surface area contributed by atoms with Gasteiger partial charge in [-0.2, -0.15) is 0 Å². The van der Waals surface area contributed by atoms with E-state index in [2.05, 4.69) is 11.9 Å². The van der Waals surface area contributed by atoms with Crippen LogP contribution in [0, 0.1) is 5.92 Å². The Kier molecular flexibility index (Phi) is 10.6. The second-order valence-corrected chi connectivity index (χ2v) is 7.40. The van der Waals surface area contributed by atoms with Gasteiger partial charge >= 0.3 is 5.97 Å². The summed E-state index contributed by atoms with van der Waals surface area (Å²) >= 11 is 0. The van der Waals surface area contributed by atoms with Crippen molar-refractivity contribution in [2.75, 3.05) is 27.4 Å². The van der Waals surface area contributed by atoms with Crippen LogP contribution in [-0.4, -0.2) is 56.1 Å². The van der Waals surface area contributed by atoms with Gasteiger partial charge in [-0.3, -0.25) is 14.4 Å². The zero-order valence-electron chi connectivity index (χ0n) is 19.3. The summed E-state index contributed by atoms with van der Waals surface area (Å²) in [6.07, 6.45) is 1.58. The van der Waals surface area contributed by atoms with Gasteiger partial charge in [0.05, 0.1) is 26.9 Å². The number of methoxy groups -OCH3 is 2. The zero-order chi connectivity index (χ0) is 23.6. The summed E-state index contributed by atoms with van der Waals surface area (Å²) in [7, 11) is 3.08. The molecule has 0 fully saturated rings. The third-order valence-corrected chi connectivity index (χ3v) is 4.78. The van der Waals surface area contributed by atoms with E-state index in [1.807, 2.05) is 20.8 Å². The van der Waals surface area contributed by atoms with Crippen molar-refractivity contribution in [1.29, 1.82) is 0 Å². The first-order chi connectivity index (χ1) is 14.7. The molecule has 31 heavy (non-hydrogen) atoms. The number of ether oxygens (including phenoxy) is 3. The number of nitrogens with zero attached hydrogens (tertiary/aromatic N) is 1. The molecule has 0 aromatic heterocycles. The van der Waals surface area contributed by atoms with Crippen LogP contribution >= 0.6 is 0 Å². The molecule has 2 atom stereocenters. The van der Waals surface area contributed by atoms with Gasteiger partial charge in [0.1, 0.15) is 24.1 Å². The number of hydrogen-bond acceptors (Lipinski definition) is 6. The van der Waals surface area contributed by atoms with E-state index in [-0.39, 0.29) is 19.1 Å². The Labute approximate surface area is 184 Å². The molecule has 1 N–H and O–H groups in total. The van der Waals surface area contributed by atoms with Gasteiger partial charge in [0.25, 0.3) is 0 Å². The summed E-state index contributed by atoms with van der Waals surface area (Å²) in [4.78, 5) is 39.1. The number of carbonyl (C=O) groups excluding carboxylic acids is 3. The van der Waals surface area contributed by atoms with Gasteiger partial charge in [-0.15, -0.1) is 0 Å². The first kappa shape index (κ1) is 26.0. The first-order valence-electron chi connectivity index (χ1n) is 10.3. The van der Waals surface area contributed by atoms with Crippen molar-refractivity contribution in [3.63, 3.8) is 0 Å². The number of hydrogen-bond donors (Lipinski definition) is 1. The van der Waals surface area contributed by atoms with Crippen molar-refractivity contribution in [3.8, 4) is 11.5 Å². The Hall–Kier alpha value is -3.03. The van der Waals surface area contributed by atoms with E-state index in [9.17, 15) is 14.4 Å². The van der Waals surface area contributed by atoms with E-state index in [0.29, 0.717) is 23.5 Å². The van der Waals surface area contributed by atoms with Crippen LogP contribution in [0.1, 0.15) is 45.7 Å². The highest BCUT2D eigenvalue weighted by atomic mass is 16.5. The van der Waals surface area contributed by atoms with Crippen LogP contribution in [0.2, 0.25) is 0 Å². The lowest BCUT2D eigenvalue weighted by atomic mass is 9.97. The van der Waals surface area contributed by atoms with Crippen molar-refractivity contribution >= 4 is 17.8 Å². The standard InChI is InChI=1S/C23H34N2O6/c1-8-21(26)25(16(5)18-11-10-17(29-6)13-20(18)30-7)19(12-15(3)4)23(28)24-14-22(27)31-9-2/h8,10-11,13,15-16,19H,1,9,12,14H2,2-7H3,(H,24,28)/t16-,19+/m0/s1. The average Bonchev–Trinajstić information content (AvgIpc) is 2.75. The van der Waals surface area contributed by atoms with Gasteiger partial charge in [-0.1, -0.05) is 20.4 Å². The highest BCUT2D eigenvalue weighted by molar-refractivity contribution is 5.94. The predicted octanol–water partition coefficient (Wildman–Crippen LogP) is 2.87. The van der Waals surface area contributed by atoms with E-state index in [0.717, 1.165) is 0 Å². The molecule has 0 aliphatic heterocycles. The van der Waals surface area contributed by atoms with E-state index in [1.54, 1.807) is 32.2 Å². The predicted molar refractivity (Wildman–Crippen MR) is 118 cm³/mol. The fraction of sp³-hybridized carbons (Fsp3) is 0.522. The monoisotopic (exact) mass is 434 g/mol. The third-order valence-electron chi connectivity index (χ3n) is 4.78. The Morgan fingerprint density at radius 3 is 2.35 bits per heavy atom. The van der Waals surface area contributed by atoms with Crippen molar-refractivity contribution in [3.05, 3.63) is 36.4 Å². The van der Waals surface area contributed by atoms with Gasteiger partial charge in [0.2, 0.25) is 11.8 Å². The van der Waals surface area contributed by atoms with E-state index in [1.165, 1.54) is 18.1 Å². The molecular weight excluding hydrogens is 400 g/mol. The van der Waals surface area contributed by atoms with E-state index >= 15 is 0 Å². The van der Waals surface area contributed by atoms with Crippen LogP contribution < -0.4 is 14.8 Å². The Morgan fingerprint density at radius 1 is 1.16 bits per heavy atom. The van der Waals surface area contributed by atoms with Gasteiger partial charge < -0.3 is 24.4 Å². The Balaban J connectivity index is 3.33. The molecule has 0 spiro atoms. The average molecular weight is 435 g/mol. The number of benzene rings is 1. The molecule has 1 aromatic carbocycles. The lowest BCUT2D eigenvalue weighted by Gasteiger charge is -2.36. The van der Waals surface area contributed by atoms with Crippen molar-refractivity contribution in [2.45, 2.75) is 46.2 Å². The molecule has 0 radical (unpaired) electrons. The van der Waals surface area contributed by atoms with Crippen molar-refractivity contribution in [1.82, 2.24) is 10.2 Å². The molecule has 8 nitrogen and oxygen atoms in total. The maximum atomic E-state index is 13.0. The van der Waals surface area contributed by atoms with Crippen LogP contribution in [0.3, 0.4) is 0 Å². The molecule has 0 saturated carbocycles. The van der Waals surface area contributed by atoms with Crippen molar-refractivity contribution < 1.29 is 28.6 Å². The quantitative estimate of drug-likeness (QED) is 0.402. The molecule has 172 valence electrons. The number of nitrogens with one attached hydrogen (secondary N) is 1. The molecule has 8 heteroatoms. The summed E-state index contributed by atoms with van der Waals surface area (Å²) < 4.78 is 15.6. The zero-order valence-corrected chi connectivity index (χ0v) is 19.3. The summed E-state index contributed by atoms with van der Waals surface area (Å²) in [5.41, 5.74) is 0.713. The molecule has 0 saturated heterocycles. The fourth-order valence-electron chi connectivity index (χ4n) is 3.32. The Bertz CT molecular complexity index is 777. The molecular formula is C23H34N2O6. The lowest BCUT2D eigenvalue weighted by molar-refractivity contribution is -0.145. The minimum Gasteiger partial charge on any atom is -0.497 e. The largest absolute Gasteiger partial charge is 0.497 e. The molecule has 0 unspecified atom stereocenters. The topological polar surface area (TPSA) is 94.2 Å². The molecule has 1 aromatic rings. The maximum Gasteiger partial charge on any atom is 0.325 e. The number of rotatable bonds is 12. The van der Waals surface area contributed by atoms with E-state index < -0.39 is 29.9 Å². The fourth-order valence-corrected chi connectivity index (χ4v) is 3.32. The van der Waals surface area contributed by atoms with Gasteiger partial charge in [0.15, 0.2) is 0 Å². The molecule has 1 rings (SSSR count). The van der Waals surface area contributed by atoms with Crippen LogP contribution in [0.4, 0.5) is 0 Å². The smallest absolute Gasteiger partial charge is 0.325 e. The molecule has 2 amide bonds. The maximum absolute atomic E-state index is 13.0. The molecule has 0 heterocycles.